The smallest absolute Gasteiger partial charge is 0.276 e. The Balaban J connectivity index is 1.58. The monoisotopic (exact) mass is 261 g/mol. The van der Waals surface area contributed by atoms with Gasteiger partial charge in [-0.05, 0) is 30.9 Å². The Hall–Kier alpha value is -1.62. The predicted molar refractivity (Wildman–Crippen MR) is 71.0 cm³/mol. The van der Waals surface area contributed by atoms with Crippen molar-refractivity contribution in [2.75, 3.05) is 32.7 Å². The van der Waals surface area contributed by atoms with E-state index in [0.29, 0.717) is 0 Å². The van der Waals surface area contributed by atoms with Crippen molar-refractivity contribution >= 4 is 5.91 Å². The van der Waals surface area contributed by atoms with E-state index in [1.54, 1.807) is 11.0 Å². The predicted octanol–water partition coefficient (Wildman–Crippen LogP) is 0.955. The van der Waals surface area contributed by atoms with Crippen LogP contribution in [0.4, 0.5) is 0 Å². The van der Waals surface area contributed by atoms with Crippen molar-refractivity contribution in [3.05, 3.63) is 24.0 Å². The third kappa shape index (κ3) is 2.87. The third-order valence-electron chi connectivity index (χ3n) is 3.86. The summed E-state index contributed by atoms with van der Waals surface area (Å²) in [5.74, 6) is 0.694. The van der Waals surface area contributed by atoms with Gasteiger partial charge in [-0.2, -0.15) is 0 Å². The zero-order chi connectivity index (χ0) is 13.2. The molecule has 0 radical (unpaired) electrons. The van der Waals surface area contributed by atoms with Crippen molar-refractivity contribution in [3.63, 3.8) is 0 Å². The molecule has 1 amide bonds. The molecule has 2 heterocycles. The summed E-state index contributed by atoms with van der Waals surface area (Å²) in [6.07, 6.45) is 4.26. The Morgan fingerprint density at radius 2 is 2.05 bits per heavy atom. The molecule has 0 spiro atoms. The van der Waals surface area contributed by atoms with Gasteiger partial charge in [0.05, 0.1) is 0 Å². The summed E-state index contributed by atoms with van der Waals surface area (Å²) in [6.45, 7) is 4.48. The maximum Gasteiger partial charge on any atom is 0.276 e. The molecular weight excluding hydrogens is 242 g/mol. The van der Waals surface area contributed by atoms with E-state index >= 15 is 0 Å². The first-order valence-corrected chi connectivity index (χ1v) is 6.89. The van der Waals surface area contributed by atoms with Crippen molar-refractivity contribution in [1.29, 1.82) is 0 Å². The van der Waals surface area contributed by atoms with Crippen LogP contribution in [0.25, 0.3) is 0 Å². The van der Waals surface area contributed by atoms with E-state index in [1.807, 2.05) is 0 Å². The van der Waals surface area contributed by atoms with Gasteiger partial charge in [0.25, 0.3) is 5.91 Å². The Morgan fingerprint density at radius 1 is 1.32 bits per heavy atom. The topological polar surface area (TPSA) is 56.7 Å². The van der Waals surface area contributed by atoms with Crippen LogP contribution < -0.4 is 0 Å². The SMILES string of the molecule is O=C(c1ncccc1O)N1CCN(CC2CC2)CC1. The standard InChI is InChI=1S/C14H19N3O2/c18-12-2-1-5-15-13(12)14(19)17-8-6-16(7-9-17)10-11-3-4-11/h1-2,5,11,18H,3-4,6-10H2. The molecule has 1 aliphatic heterocycles. The van der Waals surface area contributed by atoms with E-state index in [0.717, 1.165) is 32.1 Å². The molecule has 1 aromatic heterocycles. The van der Waals surface area contributed by atoms with Gasteiger partial charge < -0.3 is 10.0 Å². The summed E-state index contributed by atoms with van der Waals surface area (Å²) in [4.78, 5) is 20.4. The Labute approximate surface area is 112 Å². The minimum atomic E-state index is -0.163. The quantitative estimate of drug-likeness (QED) is 0.880. The van der Waals surface area contributed by atoms with Gasteiger partial charge in [0.1, 0.15) is 5.75 Å². The fourth-order valence-corrected chi connectivity index (χ4v) is 2.51. The number of hydrogen-bond acceptors (Lipinski definition) is 4. The van der Waals surface area contributed by atoms with Crippen LogP contribution in [0.2, 0.25) is 0 Å². The summed E-state index contributed by atoms with van der Waals surface area (Å²) in [5, 5.41) is 9.67. The van der Waals surface area contributed by atoms with E-state index in [-0.39, 0.29) is 17.4 Å². The molecule has 1 aromatic rings. The van der Waals surface area contributed by atoms with Crippen LogP contribution in [-0.4, -0.2) is 58.5 Å². The molecule has 0 aromatic carbocycles. The van der Waals surface area contributed by atoms with Gasteiger partial charge in [0.15, 0.2) is 5.69 Å². The number of piperazine rings is 1. The molecule has 5 nitrogen and oxygen atoms in total. The Kier molecular flexibility index (Phi) is 3.38. The van der Waals surface area contributed by atoms with Gasteiger partial charge in [0, 0.05) is 38.9 Å². The maximum atomic E-state index is 12.2. The van der Waals surface area contributed by atoms with Crippen molar-refractivity contribution in [1.82, 2.24) is 14.8 Å². The molecule has 1 saturated heterocycles. The van der Waals surface area contributed by atoms with Crippen LogP contribution in [0.5, 0.6) is 5.75 Å². The largest absolute Gasteiger partial charge is 0.505 e. The van der Waals surface area contributed by atoms with Crippen LogP contribution in [0, 0.1) is 5.92 Å². The number of nitrogens with zero attached hydrogens (tertiary/aromatic N) is 3. The molecule has 1 saturated carbocycles. The number of carbonyl (C=O) groups is 1. The molecule has 2 fully saturated rings. The van der Waals surface area contributed by atoms with Crippen molar-refractivity contribution < 1.29 is 9.90 Å². The number of aromatic hydroxyl groups is 1. The summed E-state index contributed by atoms with van der Waals surface area (Å²) >= 11 is 0. The molecule has 0 bridgehead atoms. The first-order valence-electron chi connectivity index (χ1n) is 6.89. The number of amides is 1. The van der Waals surface area contributed by atoms with Crippen LogP contribution in [0.3, 0.4) is 0 Å². The molecule has 2 aliphatic rings. The van der Waals surface area contributed by atoms with Gasteiger partial charge >= 0.3 is 0 Å². The van der Waals surface area contributed by atoms with E-state index in [1.165, 1.54) is 31.6 Å². The van der Waals surface area contributed by atoms with Crippen LogP contribution in [-0.2, 0) is 0 Å². The second kappa shape index (κ2) is 5.17. The summed E-state index contributed by atoms with van der Waals surface area (Å²) in [6, 6.07) is 3.13. The molecule has 3 rings (SSSR count). The normalized spacial score (nSPS) is 20.5. The summed E-state index contributed by atoms with van der Waals surface area (Å²) in [7, 11) is 0. The van der Waals surface area contributed by atoms with Gasteiger partial charge in [-0.3, -0.25) is 9.69 Å². The number of carbonyl (C=O) groups excluding carboxylic acids is 1. The van der Waals surface area contributed by atoms with E-state index < -0.39 is 0 Å². The highest BCUT2D eigenvalue weighted by Gasteiger charge is 2.28. The molecule has 102 valence electrons. The van der Waals surface area contributed by atoms with Crippen molar-refractivity contribution in [2.45, 2.75) is 12.8 Å². The van der Waals surface area contributed by atoms with Crippen LogP contribution in [0.15, 0.2) is 18.3 Å². The lowest BCUT2D eigenvalue weighted by Gasteiger charge is -2.34. The maximum absolute atomic E-state index is 12.2. The fourth-order valence-electron chi connectivity index (χ4n) is 2.51. The molecular formula is C14H19N3O2. The van der Waals surface area contributed by atoms with Crippen LogP contribution >= 0.6 is 0 Å². The lowest BCUT2D eigenvalue weighted by atomic mass is 10.2. The lowest BCUT2D eigenvalue weighted by molar-refractivity contribution is 0.0623. The van der Waals surface area contributed by atoms with Gasteiger partial charge in [-0.1, -0.05) is 0 Å². The molecule has 0 atom stereocenters. The molecule has 0 unspecified atom stereocenters. The van der Waals surface area contributed by atoms with Crippen molar-refractivity contribution in [2.24, 2.45) is 5.92 Å². The van der Waals surface area contributed by atoms with E-state index in [2.05, 4.69) is 9.88 Å². The first kappa shape index (κ1) is 12.4. The number of rotatable bonds is 3. The summed E-state index contributed by atoms with van der Waals surface area (Å²) in [5.41, 5.74) is 0.165. The number of pyridine rings is 1. The Morgan fingerprint density at radius 3 is 2.68 bits per heavy atom. The lowest BCUT2D eigenvalue weighted by Crippen LogP contribution is -2.49. The Bertz CT molecular complexity index is 466. The minimum Gasteiger partial charge on any atom is -0.505 e. The van der Waals surface area contributed by atoms with Crippen molar-refractivity contribution in [3.8, 4) is 5.75 Å². The fraction of sp³-hybridized carbons (Fsp3) is 0.571. The highest BCUT2D eigenvalue weighted by atomic mass is 16.3. The third-order valence-corrected chi connectivity index (χ3v) is 3.86. The van der Waals surface area contributed by atoms with Gasteiger partial charge in [0.2, 0.25) is 0 Å². The zero-order valence-corrected chi connectivity index (χ0v) is 11.0. The minimum absolute atomic E-state index is 0.0343. The molecule has 19 heavy (non-hydrogen) atoms. The number of aromatic nitrogens is 1. The highest BCUT2D eigenvalue weighted by Crippen LogP contribution is 2.30. The number of hydrogen-bond donors (Lipinski definition) is 1. The second-order valence-corrected chi connectivity index (χ2v) is 5.41. The molecule has 5 heteroatoms. The molecule has 1 aliphatic carbocycles. The summed E-state index contributed by atoms with van der Waals surface area (Å²) < 4.78 is 0. The van der Waals surface area contributed by atoms with Crippen LogP contribution in [0.1, 0.15) is 23.3 Å². The van der Waals surface area contributed by atoms with E-state index in [9.17, 15) is 9.90 Å². The van der Waals surface area contributed by atoms with Gasteiger partial charge in [-0.15, -0.1) is 0 Å². The second-order valence-electron chi connectivity index (χ2n) is 5.41. The highest BCUT2D eigenvalue weighted by molar-refractivity contribution is 5.94. The zero-order valence-electron chi connectivity index (χ0n) is 11.0. The first-order chi connectivity index (χ1) is 9.24. The van der Waals surface area contributed by atoms with E-state index in [4.69, 9.17) is 0 Å². The molecule has 1 N–H and O–H groups in total. The van der Waals surface area contributed by atoms with Gasteiger partial charge in [-0.25, -0.2) is 4.98 Å². The average molecular weight is 261 g/mol. The average Bonchev–Trinajstić information content (AvgIpc) is 3.23.